The average molecular weight is 288 g/mol. The van der Waals surface area contributed by atoms with Gasteiger partial charge in [-0.15, -0.1) is 0 Å². The van der Waals surface area contributed by atoms with Crippen LogP contribution in [0.3, 0.4) is 0 Å². The smallest absolute Gasteiger partial charge is 0.124 e. The lowest BCUT2D eigenvalue weighted by Gasteiger charge is -2.18. The lowest BCUT2D eigenvalue weighted by Crippen LogP contribution is -2.13. The van der Waals surface area contributed by atoms with Gasteiger partial charge in [0.15, 0.2) is 0 Å². The summed E-state index contributed by atoms with van der Waals surface area (Å²) in [5.74, 6) is 1.80. The molecule has 1 aromatic rings. The Bertz CT molecular complexity index is 388. The highest BCUT2D eigenvalue weighted by Gasteiger charge is 2.11. The monoisotopic (exact) mass is 287 g/mol. The molecule has 0 saturated carbocycles. The predicted molar refractivity (Wildman–Crippen MR) is 81.8 cm³/mol. The zero-order chi connectivity index (χ0) is 13.8. The number of halogens is 1. The lowest BCUT2D eigenvalue weighted by atomic mass is 10.1. The van der Waals surface area contributed by atoms with Crippen molar-refractivity contribution >= 4 is 23.4 Å². The number of benzene rings is 1. The minimum absolute atomic E-state index is 0.0750. The summed E-state index contributed by atoms with van der Waals surface area (Å²) in [5, 5.41) is 0.693. The third kappa shape index (κ3) is 5.51. The van der Waals surface area contributed by atoms with E-state index in [0.717, 1.165) is 17.1 Å². The van der Waals surface area contributed by atoms with E-state index in [1.807, 2.05) is 36.9 Å². The standard InChI is InChI=1S/C14H22ClNOS/c1-10(16)12-9-11(15)5-6-13(12)17-7-8-18-14(2,3)4/h5-6,9-10H,7-8,16H2,1-4H3/t10-/m0/s1. The van der Waals surface area contributed by atoms with E-state index in [4.69, 9.17) is 22.1 Å². The fourth-order valence-electron chi connectivity index (χ4n) is 1.51. The van der Waals surface area contributed by atoms with Gasteiger partial charge in [0.2, 0.25) is 0 Å². The molecule has 0 aromatic heterocycles. The molecule has 0 saturated heterocycles. The third-order valence-electron chi connectivity index (χ3n) is 2.34. The van der Waals surface area contributed by atoms with Gasteiger partial charge in [-0.2, -0.15) is 11.8 Å². The first-order valence-corrected chi connectivity index (χ1v) is 7.48. The molecule has 1 rings (SSSR count). The van der Waals surface area contributed by atoms with Crippen molar-refractivity contribution in [3.8, 4) is 5.75 Å². The van der Waals surface area contributed by atoms with Gasteiger partial charge < -0.3 is 10.5 Å². The van der Waals surface area contributed by atoms with Crippen molar-refractivity contribution in [2.75, 3.05) is 12.4 Å². The summed E-state index contributed by atoms with van der Waals surface area (Å²) < 4.78 is 6.06. The Morgan fingerprint density at radius 2 is 2.06 bits per heavy atom. The second-order valence-corrected chi connectivity index (χ2v) is 7.64. The van der Waals surface area contributed by atoms with Crippen LogP contribution in [0.15, 0.2) is 18.2 Å². The lowest BCUT2D eigenvalue weighted by molar-refractivity contribution is 0.338. The van der Waals surface area contributed by atoms with Crippen molar-refractivity contribution < 1.29 is 4.74 Å². The van der Waals surface area contributed by atoms with Crippen LogP contribution in [-0.4, -0.2) is 17.1 Å². The maximum atomic E-state index is 5.97. The molecular formula is C14H22ClNOS. The zero-order valence-electron chi connectivity index (χ0n) is 11.5. The number of thioether (sulfide) groups is 1. The summed E-state index contributed by atoms with van der Waals surface area (Å²) in [4.78, 5) is 0. The summed E-state index contributed by atoms with van der Waals surface area (Å²) in [7, 11) is 0. The SMILES string of the molecule is C[C@H](N)c1cc(Cl)ccc1OCCSC(C)(C)C. The molecule has 2 nitrogen and oxygen atoms in total. The maximum absolute atomic E-state index is 5.97. The van der Waals surface area contributed by atoms with Crippen LogP contribution < -0.4 is 10.5 Å². The van der Waals surface area contributed by atoms with Gasteiger partial charge in [-0.25, -0.2) is 0 Å². The molecule has 0 radical (unpaired) electrons. The van der Waals surface area contributed by atoms with Crippen molar-refractivity contribution in [1.82, 2.24) is 0 Å². The summed E-state index contributed by atoms with van der Waals surface area (Å²) in [6.07, 6.45) is 0. The number of ether oxygens (including phenoxy) is 1. The third-order valence-corrected chi connectivity index (χ3v) is 3.81. The van der Waals surface area contributed by atoms with Crippen LogP contribution in [0, 0.1) is 0 Å². The molecule has 0 spiro atoms. The molecule has 4 heteroatoms. The molecule has 0 unspecified atom stereocenters. The minimum atomic E-state index is -0.0750. The van der Waals surface area contributed by atoms with Gasteiger partial charge in [0.25, 0.3) is 0 Å². The van der Waals surface area contributed by atoms with E-state index in [9.17, 15) is 0 Å². The first-order valence-electron chi connectivity index (χ1n) is 6.11. The second kappa shape index (κ2) is 6.69. The first kappa shape index (κ1) is 15.7. The molecular weight excluding hydrogens is 266 g/mol. The maximum Gasteiger partial charge on any atom is 0.124 e. The highest BCUT2D eigenvalue weighted by molar-refractivity contribution is 8.00. The highest BCUT2D eigenvalue weighted by atomic mass is 35.5. The van der Waals surface area contributed by atoms with Gasteiger partial charge in [0, 0.05) is 27.1 Å². The van der Waals surface area contributed by atoms with E-state index in [2.05, 4.69) is 20.8 Å². The molecule has 0 heterocycles. The van der Waals surface area contributed by atoms with Crippen molar-refractivity contribution in [3.63, 3.8) is 0 Å². The molecule has 0 aliphatic carbocycles. The van der Waals surface area contributed by atoms with Crippen molar-refractivity contribution in [2.45, 2.75) is 38.5 Å². The fourth-order valence-corrected chi connectivity index (χ4v) is 2.47. The van der Waals surface area contributed by atoms with Crippen LogP contribution in [0.25, 0.3) is 0 Å². The van der Waals surface area contributed by atoms with Crippen molar-refractivity contribution in [2.24, 2.45) is 5.73 Å². The normalized spacial score (nSPS) is 13.4. The molecule has 0 fully saturated rings. The molecule has 0 bridgehead atoms. The van der Waals surface area contributed by atoms with E-state index >= 15 is 0 Å². The number of hydrogen-bond acceptors (Lipinski definition) is 3. The Morgan fingerprint density at radius 1 is 1.39 bits per heavy atom. The van der Waals surface area contributed by atoms with E-state index in [-0.39, 0.29) is 10.8 Å². The topological polar surface area (TPSA) is 35.2 Å². The summed E-state index contributed by atoms with van der Waals surface area (Å²) >= 11 is 7.85. The molecule has 1 atom stereocenters. The van der Waals surface area contributed by atoms with Crippen LogP contribution in [0.4, 0.5) is 0 Å². The zero-order valence-corrected chi connectivity index (χ0v) is 13.1. The van der Waals surface area contributed by atoms with Gasteiger partial charge in [-0.05, 0) is 25.1 Å². The fraction of sp³-hybridized carbons (Fsp3) is 0.571. The van der Waals surface area contributed by atoms with Crippen LogP contribution in [-0.2, 0) is 0 Å². The molecule has 0 amide bonds. The Kier molecular flexibility index (Phi) is 5.83. The second-order valence-electron chi connectivity index (χ2n) is 5.28. The summed E-state index contributed by atoms with van der Waals surface area (Å²) in [5.41, 5.74) is 6.87. The van der Waals surface area contributed by atoms with Gasteiger partial charge >= 0.3 is 0 Å². The molecule has 2 N–H and O–H groups in total. The van der Waals surface area contributed by atoms with Crippen molar-refractivity contribution in [3.05, 3.63) is 28.8 Å². The molecule has 1 aromatic carbocycles. The minimum Gasteiger partial charge on any atom is -0.492 e. The molecule has 18 heavy (non-hydrogen) atoms. The Labute approximate surface area is 119 Å². The van der Waals surface area contributed by atoms with Crippen LogP contribution in [0.5, 0.6) is 5.75 Å². The Balaban J connectivity index is 2.57. The van der Waals surface area contributed by atoms with E-state index < -0.39 is 0 Å². The number of hydrogen-bond donors (Lipinski definition) is 1. The van der Waals surface area contributed by atoms with Gasteiger partial charge in [-0.3, -0.25) is 0 Å². The van der Waals surface area contributed by atoms with Crippen LogP contribution in [0.1, 0.15) is 39.3 Å². The average Bonchev–Trinajstić information content (AvgIpc) is 2.24. The Morgan fingerprint density at radius 3 is 2.61 bits per heavy atom. The van der Waals surface area contributed by atoms with Gasteiger partial charge in [0.05, 0.1) is 6.61 Å². The highest BCUT2D eigenvalue weighted by Crippen LogP contribution is 2.28. The van der Waals surface area contributed by atoms with Gasteiger partial charge in [0.1, 0.15) is 5.75 Å². The molecule has 0 aliphatic heterocycles. The number of nitrogens with two attached hydrogens (primary N) is 1. The molecule has 102 valence electrons. The van der Waals surface area contributed by atoms with E-state index in [1.54, 1.807) is 0 Å². The Hall–Kier alpha value is -0.380. The van der Waals surface area contributed by atoms with Crippen LogP contribution in [0.2, 0.25) is 5.02 Å². The van der Waals surface area contributed by atoms with Gasteiger partial charge in [-0.1, -0.05) is 32.4 Å². The predicted octanol–water partition coefficient (Wildman–Crippen LogP) is 4.27. The first-order chi connectivity index (χ1) is 8.29. The number of rotatable bonds is 5. The summed E-state index contributed by atoms with van der Waals surface area (Å²) in [6.45, 7) is 9.22. The molecule has 0 aliphatic rings. The van der Waals surface area contributed by atoms with E-state index in [1.165, 1.54) is 0 Å². The largest absolute Gasteiger partial charge is 0.492 e. The summed E-state index contributed by atoms with van der Waals surface area (Å²) in [6, 6.07) is 5.52. The van der Waals surface area contributed by atoms with E-state index in [0.29, 0.717) is 11.6 Å². The van der Waals surface area contributed by atoms with Crippen molar-refractivity contribution in [1.29, 1.82) is 0 Å². The quantitative estimate of drug-likeness (QED) is 0.822. The van der Waals surface area contributed by atoms with Crippen LogP contribution >= 0.6 is 23.4 Å².